The van der Waals surface area contributed by atoms with Crippen LogP contribution in [0, 0.1) is 18.2 Å². The van der Waals surface area contributed by atoms with Crippen LogP contribution in [-0.2, 0) is 24.1 Å². The van der Waals surface area contributed by atoms with Gasteiger partial charge in [-0.05, 0) is 88.1 Å². The fraction of sp³-hybridized carbons (Fsp3) is 0.471. The summed E-state index contributed by atoms with van der Waals surface area (Å²) < 4.78 is 23.1. The number of halogens is 1. The van der Waals surface area contributed by atoms with E-state index in [0.717, 1.165) is 31.2 Å². The van der Waals surface area contributed by atoms with Crippen LogP contribution in [0.25, 0.3) is 17.3 Å². The van der Waals surface area contributed by atoms with Crippen molar-refractivity contribution in [2.45, 2.75) is 85.4 Å². The summed E-state index contributed by atoms with van der Waals surface area (Å²) in [6.45, 7) is 13.6. The number of nitrogen functional groups attached to an aromatic ring is 1. The molecule has 0 saturated carbocycles. The second-order valence-corrected chi connectivity index (χ2v) is 14.0. The van der Waals surface area contributed by atoms with Gasteiger partial charge in [0.15, 0.2) is 0 Å². The normalized spacial score (nSPS) is 19.5. The first-order valence-electron chi connectivity index (χ1n) is 15.3. The van der Waals surface area contributed by atoms with E-state index < -0.39 is 11.4 Å². The van der Waals surface area contributed by atoms with E-state index in [1.807, 2.05) is 45.9 Å². The summed E-state index contributed by atoms with van der Waals surface area (Å²) >= 11 is 0. The highest BCUT2D eigenvalue weighted by atomic mass is 19.1. The Balaban J connectivity index is 1.32. The Kier molecular flexibility index (Phi) is 7.29. The average molecular weight is 601 g/mol. The smallest absolute Gasteiger partial charge is 0.410 e. The first-order valence-corrected chi connectivity index (χ1v) is 15.3. The van der Waals surface area contributed by atoms with E-state index in [4.69, 9.17) is 10.5 Å². The lowest BCUT2D eigenvalue weighted by Crippen LogP contribution is -2.41. The van der Waals surface area contributed by atoms with Gasteiger partial charge in [-0.25, -0.2) is 19.2 Å². The number of hydrogen-bond donors (Lipinski definition) is 1. The standard InChI is InChI=1S/C34H41FN6O3/c1-20-25(29-24(30(36)38-19-37-29)10-9-23-8-7-11-39(23)32(43)44-33(2,3)4)15-22(35)16-26(20)41-13-12-40-27(31(41)42)14-21-17-34(5,6)18-28(21)40/h9-10,14-16,19,23H,7-8,11-13,17-18H2,1-6H3,(H2,36,37,38)/t23-/m0/s1. The molecule has 0 radical (unpaired) electrons. The van der Waals surface area contributed by atoms with Gasteiger partial charge in [-0.1, -0.05) is 26.0 Å². The Morgan fingerprint density at radius 1 is 1.14 bits per heavy atom. The number of hydrogen-bond acceptors (Lipinski definition) is 6. The Morgan fingerprint density at radius 2 is 1.91 bits per heavy atom. The van der Waals surface area contributed by atoms with Crippen LogP contribution in [0.3, 0.4) is 0 Å². The molecule has 10 heteroatoms. The molecule has 1 saturated heterocycles. The van der Waals surface area contributed by atoms with Crippen molar-refractivity contribution in [3.05, 3.63) is 64.5 Å². The zero-order valence-electron chi connectivity index (χ0n) is 26.4. The first kappa shape index (κ1) is 29.8. The predicted octanol–water partition coefficient (Wildman–Crippen LogP) is 6.17. The number of carbonyl (C=O) groups is 2. The topological polar surface area (TPSA) is 107 Å². The van der Waals surface area contributed by atoms with Crippen molar-refractivity contribution in [3.63, 3.8) is 0 Å². The lowest BCUT2D eigenvalue weighted by atomic mass is 9.90. The average Bonchev–Trinajstić information content (AvgIpc) is 3.61. The number of nitrogens with two attached hydrogens (primary N) is 1. The number of carbonyl (C=O) groups excluding carboxylic acids is 2. The van der Waals surface area contributed by atoms with Crippen LogP contribution in [0.1, 0.15) is 80.3 Å². The van der Waals surface area contributed by atoms with Gasteiger partial charge in [-0.3, -0.25) is 4.79 Å². The van der Waals surface area contributed by atoms with Crippen LogP contribution in [0.2, 0.25) is 0 Å². The highest BCUT2D eigenvalue weighted by Crippen LogP contribution is 2.41. The van der Waals surface area contributed by atoms with Gasteiger partial charge < -0.3 is 24.8 Å². The van der Waals surface area contributed by atoms with Crippen LogP contribution >= 0.6 is 0 Å². The molecule has 0 unspecified atom stereocenters. The van der Waals surface area contributed by atoms with E-state index in [9.17, 15) is 9.59 Å². The summed E-state index contributed by atoms with van der Waals surface area (Å²) in [6, 6.07) is 4.68. The minimum absolute atomic E-state index is 0.131. The van der Waals surface area contributed by atoms with Crippen LogP contribution in [0.4, 0.5) is 20.7 Å². The fourth-order valence-electron chi connectivity index (χ4n) is 6.87. The molecular formula is C34H41FN6O3. The molecule has 9 nitrogen and oxygen atoms in total. The summed E-state index contributed by atoms with van der Waals surface area (Å²) in [5.74, 6) is -0.367. The van der Waals surface area contributed by atoms with Gasteiger partial charge in [-0.15, -0.1) is 0 Å². The van der Waals surface area contributed by atoms with Crippen molar-refractivity contribution in [2.24, 2.45) is 5.41 Å². The highest BCUT2D eigenvalue weighted by molar-refractivity contribution is 6.07. The molecule has 3 aromatic rings. The monoisotopic (exact) mass is 600 g/mol. The SMILES string of the molecule is Cc1c(-c2ncnc(N)c2C=C[C@@H]2CCCN2C(=O)OC(C)(C)C)cc(F)cc1N1CCn2c(cc3c2CC(C)(C)C3)C1=O. The number of nitrogens with zero attached hydrogens (tertiary/aromatic N) is 5. The maximum atomic E-state index is 15.3. The molecule has 1 atom stereocenters. The van der Waals surface area contributed by atoms with Gasteiger partial charge in [0.2, 0.25) is 0 Å². The number of likely N-dealkylation sites (tertiary alicyclic amines) is 1. The highest BCUT2D eigenvalue weighted by Gasteiger charge is 2.37. The number of benzene rings is 1. The van der Waals surface area contributed by atoms with Crippen molar-refractivity contribution < 1.29 is 18.7 Å². The fourth-order valence-corrected chi connectivity index (χ4v) is 6.87. The molecule has 44 heavy (non-hydrogen) atoms. The number of ether oxygens (including phenoxy) is 1. The van der Waals surface area contributed by atoms with Gasteiger partial charge in [0.05, 0.1) is 17.4 Å². The van der Waals surface area contributed by atoms with E-state index >= 15 is 4.39 Å². The van der Waals surface area contributed by atoms with E-state index in [2.05, 4.69) is 28.4 Å². The first-order chi connectivity index (χ1) is 20.7. The lowest BCUT2D eigenvalue weighted by molar-refractivity contribution is 0.0256. The Labute approximate surface area is 257 Å². The Bertz CT molecular complexity index is 1680. The van der Waals surface area contributed by atoms with E-state index in [-0.39, 0.29) is 29.3 Å². The maximum Gasteiger partial charge on any atom is 0.410 e. The van der Waals surface area contributed by atoms with Crippen molar-refractivity contribution in [1.82, 2.24) is 19.4 Å². The lowest BCUT2D eigenvalue weighted by Gasteiger charge is -2.31. The molecule has 0 bridgehead atoms. The zero-order valence-corrected chi connectivity index (χ0v) is 26.4. The van der Waals surface area contributed by atoms with Gasteiger partial charge >= 0.3 is 6.09 Å². The summed E-state index contributed by atoms with van der Waals surface area (Å²) in [4.78, 5) is 38.8. The molecule has 6 rings (SSSR count). The van der Waals surface area contributed by atoms with Crippen LogP contribution in [-0.4, -0.2) is 56.2 Å². The van der Waals surface area contributed by atoms with Crippen molar-refractivity contribution in [2.75, 3.05) is 23.7 Å². The number of anilines is 2. The van der Waals surface area contributed by atoms with Gasteiger partial charge in [0, 0.05) is 36.5 Å². The van der Waals surface area contributed by atoms with Crippen molar-refractivity contribution >= 4 is 29.6 Å². The molecule has 1 aromatic carbocycles. The number of amides is 2. The van der Waals surface area contributed by atoms with Crippen LogP contribution < -0.4 is 10.6 Å². The quantitative estimate of drug-likeness (QED) is 0.384. The molecule has 1 aliphatic carbocycles. The van der Waals surface area contributed by atoms with Crippen molar-refractivity contribution in [3.8, 4) is 11.3 Å². The van der Waals surface area contributed by atoms with Gasteiger partial charge in [0.1, 0.15) is 29.3 Å². The molecular weight excluding hydrogens is 559 g/mol. The minimum atomic E-state index is -0.596. The minimum Gasteiger partial charge on any atom is -0.444 e. The largest absolute Gasteiger partial charge is 0.444 e. The summed E-state index contributed by atoms with van der Waals surface area (Å²) in [5, 5.41) is 0. The van der Waals surface area contributed by atoms with Gasteiger partial charge in [-0.2, -0.15) is 0 Å². The Hall–Kier alpha value is -4.21. The maximum absolute atomic E-state index is 15.3. The zero-order chi connectivity index (χ0) is 31.6. The molecule has 4 heterocycles. The number of fused-ring (bicyclic) bond motifs is 3. The summed E-state index contributed by atoms with van der Waals surface area (Å²) in [7, 11) is 0. The van der Waals surface area contributed by atoms with E-state index in [0.29, 0.717) is 47.8 Å². The predicted molar refractivity (Wildman–Crippen MR) is 169 cm³/mol. The van der Waals surface area contributed by atoms with E-state index in [1.165, 1.54) is 29.7 Å². The van der Waals surface area contributed by atoms with Crippen molar-refractivity contribution in [1.29, 1.82) is 0 Å². The summed E-state index contributed by atoms with van der Waals surface area (Å²) in [5.41, 5.74) is 11.8. The number of rotatable bonds is 4. The molecule has 2 N–H and O–H groups in total. The molecule has 0 spiro atoms. The Morgan fingerprint density at radius 3 is 2.66 bits per heavy atom. The van der Waals surface area contributed by atoms with Crippen LogP contribution in [0.15, 0.2) is 30.6 Å². The number of aromatic nitrogens is 3. The molecule has 2 amide bonds. The summed E-state index contributed by atoms with van der Waals surface area (Å²) in [6.07, 6.45) is 8.23. The molecule has 2 aromatic heterocycles. The molecule has 232 valence electrons. The molecule has 2 aliphatic heterocycles. The third-order valence-electron chi connectivity index (χ3n) is 8.84. The second kappa shape index (κ2) is 10.7. The molecule has 1 fully saturated rings. The third kappa shape index (κ3) is 5.46. The van der Waals surface area contributed by atoms with Crippen LogP contribution in [0.5, 0.6) is 0 Å². The second-order valence-electron chi connectivity index (χ2n) is 14.0. The third-order valence-corrected chi connectivity index (χ3v) is 8.84. The molecule has 3 aliphatic rings. The van der Waals surface area contributed by atoms with Gasteiger partial charge in [0.25, 0.3) is 5.91 Å². The van der Waals surface area contributed by atoms with E-state index in [1.54, 1.807) is 9.80 Å².